The van der Waals surface area contributed by atoms with Crippen molar-refractivity contribution < 1.29 is 9.53 Å². The van der Waals surface area contributed by atoms with E-state index in [9.17, 15) is 4.79 Å². The minimum atomic E-state index is -0.263. The minimum absolute atomic E-state index is 0.129. The largest absolute Gasteiger partial charge is 0.469 e. The molecule has 1 fully saturated rings. The molecule has 154 valence electrons. The smallest absolute Gasteiger partial charge is 0.307 e. The number of hydrogen-bond acceptors (Lipinski definition) is 4. The fourth-order valence-electron chi connectivity index (χ4n) is 3.75. The van der Waals surface area contributed by atoms with E-state index in [0.29, 0.717) is 11.7 Å². The van der Waals surface area contributed by atoms with Crippen LogP contribution in [0.3, 0.4) is 0 Å². The summed E-state index contributed by atoms with van der Waals surface area (Å²) in [7, 11) is 1.40. The van der Waals surface area contributed by atoms with Gasteiger partial charge in [-0.05, 0) is 60.7 Å². The minimum Gasteiger partial charge on any atom is -0.469 e. The first kappa shape index (κ1) is 20.6. The van der Waals surface area contributed by atoms with Crippen LogP contribution in [0.5, 0.6) is 0 Å². The summed E-state index contributed by atoms with van der Waals surface area (Å²) in [6.07, 6.45) is 4.07. The van der Waals surface area contributed by atoms with Crippen molar-refractivity contribution in [1.29, 1.82) is 0 Å². The molecule has 0 spiro atoms. The number of esters is 1. The Hall–Kier alpha value is -2.71. The van der Waals surface area contributed by atoms with Gasteiger partial charge in [0.2, 0.25) is 0 Å². The third kappa shape index (κ3) is 4.11. The zero-order valence-electron chi connectivity index (χ0n) is 16.4. The van der Waals surface area contributed by atoms with Crippen LogP contribution in [0.15, 0.2) is 71.5 Å². The van der Waals surface area contributed by atoms with Gasteiger partial charge < -0.3 is 19.5 Å². The van der Waals surface area contributed by atoms with Gasteiger partial charge in [-0.25, -0.2) is 0 Å². The standard InChI is InChI=1S/C22H21BrN4O2S/c1-29-19(28)11-14-27-21(20(25-22(27)30)17-5-2-3-12-24-17)18-6-4-13-26(18)16-9-7-15(23)8-10-16/h2-10,12-13,20-21H,11,14H2,1H3,(H,25,30)/t20-,21+/m0/s1. The fraction of sp³-hybridized carbons (Fsp3) is 0.227. The van der Waals surface area contributed by atoms with E-state index in [4.69, 9.17) is 17.0 Å². The second-order valence-corrected chi connectivity index (χ2v) is 8.23. The number of nitrogens with one attached hydrogen (secondary N) is 1. The number of benzene rings is 1. The van der Waals surface area contributed by atoms with Crippen molar-refractivity contribution in [3.05, 3.63) is 82.9 Å². The van der Waals surface area contributed by atoms with Crippen LogP contribution in [0.4, 0.5) is 0 Å². The average molecular weight is 485 g/mol. The highest BCUT2D eigenvalue weighted by atomic mass is 79.9. The van der Waals surface area contributed by atoms with Crippen molar-refractivity contribution in [2.45, 2.75) is 18.5 Å². The molecule has 3 aromatic rings. The first-order chi connectivity index (χ1) is 14.6. The van der Waals surface area contributed by atoms with Gasteiger partial charge in [-0.15, -0.1) is 0 Å². The van der Waals surface area contributed by atoms with Crippen molar-refractivity contribution in [2.75, 3.05) is 13.7 Å². The topological polar surface area (TPSA) is 59.4 Å². The third-order valence-corrected chi connectivity index (χ3v) is 6.05. The number of nitrogens with zero attached hydrogens (tertiary/aromatic N) is 3. The van der Waals surface area contributed by atoms with Gasteiger partial charge in [0.05, 0.1) is 31.3 Å². The van der Waals surface area contributed by atoms with Crippen LogP contribution in [0, 0.1) is 0 Å². The Kier molecular flexibility index (Phi) is 6.15. The Morgan fingerprint density at radius 3 is 2.70 bits per heavy atom. The molecule has 0 unspecified atom stereocenters. The maximum Gasteiger partial charge on any atom is 0.307 e. The number of methoxy groups -OCH3 is 1. The number of thiocarbonyl (C=S) groups is 1. The van der Waals surface area contributed by atoms with Crippen LogP contribution >= 0.6 is 28.1 Å². The number of rotatable bonds is 6. The van der Waals surface area contributed by atoms with Gasteiger partial charge in [-0.1, -0.05) is 22.0 Å². The number of aromatic nitrogens is 2. The summed E-state index contributed by atoms with van der Waals surface area (Å²) in [5.41, 5.74) is 3.00. The van der Waals surface area contributed by atoms with E-state index in [2.05, 4.69) is 53.9 Å². The highest BCUT2D eigenvalue weighted by Crippen LogP contribution is 2.39. The van der Waals surface area contributed by atoms with Crippen LogP contribution in [0.2, 0.25) is 0 Å². The summed E-state index contributed by atoms with van der Waals surface area (Å²) >= 11 is 9.15. The lowest BCUT2D eigenvalue weighted by Crippen LogP contribution is -2.32. The summed E-state index contributed by atoms with van der Waals surface area (Å²) < 4.78 is 8.01. The molecule has 30 heavy (non-hydrogen) atoms. The van der Waals surface area contributed by atoms with Crippen molar-refractivity contribution in [3.63, 3.8) is 0 Å². The molecule has 0 radical (unpaired) electrons. The lowest BCUT2D eigenvalue weighted by atomic mass is 10.0. The van der Waals surface area contributed by atoms with Crippen LogP contribution in [-0.4, -0.2) is 39.2 Å². The predicted molar refractivity (Wildman–Crippen MR) is 122 cm³/mol. The Morgan fingerprint density at radius 1 is 1.20 bits per heavy atom. The summed E-state index contributed by atoms with van der Waals surface area (Å²) in [6.45, 7) is 0.456. The molecule has 1 N–H and O–H groups in total. The summed E-state index contributed by atoms with van der Waals surface area (Å²) in [5, 5.41) is 4.01. The lowest BCUT2D eigenvalue weighted by Gasteiger charge is -2.28. The first-order valence-electron chi connectivity index (χ1n) is 9.56. The van der Waals surface area contributed by atoms with E-state index in [0.717, 1.165) is 21.5 Å². The van der Waals surface area contributed by atoms with Crippen LogP contribution in [-0.2, 0) is 9.53 Å². The SMILES string of the molecule is COC(=O)CCN1C(=S)N[C@@H](c2ccccn2)[C@H]1c1cccn1-c1ccc(Br)cc1. The second kappa shape index (κ2) is 8.97. The molecule has 1 aromatic carbocycles. The average Bonchev–Trinajstić information content (AvgIpc) is 3.37. The number of pyridine rings is 1. The molecule has 1 saturated heterocycles. The van der Waals surface area contributed by atoms with E-state index < -0.39 is 0 Å². The zero-order valence-corrected chi connectivity index (χ0v) is 18.8. The van der Waals surface area contributed by atoms with Gasteiger partial charge in [-0.2, -0.15) is 0 Å². The van der Waals surface area contributed by atoms with Gasteiger partial charge >= 0.3 is 5.97 Å². The van der Waals surface area contributed by atoms with Gasteiger partial charge in [0.15, 0.2) is 5.11 Å². The number of carbonyl (C=O) groups is 1. The first-order valence-corrected chi connectivity index (χ1v) is 10.8. The van der Waals surface area contributed by atoms with Crippen molar-refractivity contribution in [2.24, 2.45) is 0 Å². The third-order valence-electron chi connectivity index (χ3n) is 5.17. The molecule has 1 aliphatic heterocycles. The fourth-order valence-corrected chi connectivity index (χ4v) is 4.35. The van der Waals surface area contributed by atoms with Crippen molar-refractivity contribution >= 4 is 39.2 Å². The van der Waals surface area contributed by atoms with Crippen molar-refractivity contribution in [1.82, 2.24) is 19.8 Å². The van der Waals surface area contributed by atoms with Crippen LogP contribution < -0.4 is 5.32 Å². The van der Waals surface area contributed by atoms with Gasteiger partial charge in [0.1, 0.15) is 0 Å². The van der Waals surface area contributed by atoms with Crippen molar-refractivity contribution in [3.8, 4) is 5.69 Å². The van der Waals surface area contributed by atoms with Crippen LogP contribution in [0.1, 0.15) is 29.9 Å². The molecule has 2 atom stereocenters. The molecule has 1 aliphatic rings. The normalized spacial score (nSPS) is 18.3. The molecule has 0 saturated carbocycles. The zero-order chi connectivity index (χ0) is 21.1. The van der Waals surface area contributed by atoms with Gasteiger partial charge in [0.25, 0.3) is 0 Å². The predicted octanol–water partition coefficient (Wildman–Crippen LogP) is 4.17. The highest BCUT2D eigenvalue weighted by Gasteiger charge is 2.41. The molecule has 4 rings (SSSR count). The van der Waals surface area contributed by atoms with E-state index in [1.807, 2.05) is 42.6 Å². The van der Waals surface area contributed by atoms with E-state index >= 15 is 0 Å². The molecule has 3 heterocycles. The van der Waals surface area contributed by atoms with E-state index in [1.165, 1.54) is 7.11 Å². The summed E-state index contributed by atoms with van der Waals surface area (Å²) in [4.78, 5) is 18.4. The van der Waals surface area contributed by atoms with E-state index in [-0.39, 0.29) is 24.5 Å². The second-order valence-electron chi connectivity index (χ2n) is 6.93. The molecular weight excluding hydrogens is 464 g/mol. The summed E-state index contributed by atoms with van der Waals surface area (Å²) in [5.74, 6) is -0.263. The maximum absolute atomic E-state index is 11.8. The molecular formula is C22H21BrN4O2S. The Bertz CT molecular complexity index is 1040. The number of carbonyl (C=O) groups excluding carboxylic acids is 1. The number of ether oxygens (including phenoxy) is 1. The molecule has 6 nitrogen and oxygen atoms in total. The Balaban J connectivity index is 1.75. The van der Waals surface area contributed by atoms with Crippen LogP contribution in [0.25, 0.3) is 5.69 Å². The molecule has 8 heteroatoms. The number of halogens is 1. The van der Waals surface area contributed by atoms with Gasteiger partial charge in [0, 0.05) is 34.8 Å². The Morgan fingerprint density at radius 2 is 2.00 bits per heavy atom. The quantitative estimate of drug-likeness (QED) is 0.418. The molecule has 0 amide bonds. The monoisotopic (exact) mass is 484 g/mol. The molecule has 0 aliphatic carbocycles. The molecule has 2 aromatic heterocycles. The lowest BCUT2D eigenvalue weighted by molar-refractivity contribution is -0.140. The number of hydrogen-bond donors (Lipinski definition) is 1. The van der Waals surface area contributed by atoms with E-state index in [1.54, 1.807) is 6.20 Å². The molecule has 0 bridgehead atoms. The Labute approximate surface area is 189 Å². The highest BCUT2D eigenvalue weighted by molar-refractivity contribution is 9.10. The van der Waals surface area contributed by atoms with Gasteiger partial charge in [-0.3, -0.25) is 9.78 Å². The summed E-state index contributed by atoms with van der Waals surface area (Å²) in [6, 6.07) is 17.8. The maximum atomic E-state index is 11.8.